The van der Waals surface area contributed by atoms with E-state index in [0.29, 0.717) is 30.2 Å². The molecule has 0 saturated carbocycles. The molecule has 0 aromatic heterocycles. The van der Waals surface area contributed by atoms with Gasteiger partial charge in [0.25, 0.3) is 0 Å². The molecular formula is C26H34N2O4. The summed E-state index contributed by atoms with van der Waals surface area (Å²) in [4.78, 5) is 17.1. The standard InChI is InChI=1S/C26H34N2O4/c1-18-4-6-20(7-5-18)22-17-25(29)28(26(22)30)21-8-9-23(31-3)24(16-21)32-15-14-27-12-10-19(2)11-13-27/h4-9,16,19,22,25,29H,10-15,17H2,1-3H3. The molecule has 2 aromatic rings. The molecule has 172 valence electrons. The monoisotopic (exact) mass is 438 g/mol. The van der Waals surface area contributed by atoms with Gasteiger partial charge in [0.1, 0.15) is 12.8 Å². The quantitative estimate of drug-likeness (QED) is 0.709. The van der Waals surface area contributed by atoms with Gasteiger partial charge in [0, 0.05) is 19.0 Å². The average Bonchev–Trinajstić information content (AvgIpc) is 3.09. The van der Waals surface area contributed by atoms with Crippen LogP contribution in [0.2, 0.25) is 0 Å². The van der Waals surface area contributed by atoms with Gasteiger partial charge < -0.3 is 14.6 Å². The predicted molar refractivity (Wildman–Crippen MR) is 125 cm³/mol. The van der Waals surface area contributed by atoms with Crippen molar-refractivity contribution < 1.29 is 19.4 Å². The third kappa shape index (κ3) is 4.92. The third-order valence-corrected chi connectivity index (χ3v) is 6.73. The fourth-order valence-electron chi connectivity index (χ4n) is 4.61. The van der Waals surface area contributed by atoms with E-state index in [-0.39, 0.29) is 11.8 Å². The van der Waals surface area contributed by atoms with Gasteiger partial charge >= 0.3 is 0 Å². The number of amides is 1. The summed E-state index contributed by atoms with van der Waals surface area (Å²) in [7, 11) is 1.61. The maximum Gasteiger partial charge on any atom is 0.236 e. The van der Waals surface area contributed by atoms with Gasteiger partial charge in [-0.25, -0.2) is 0 Å². The number of carbonyl (C=O) groups is 1. The summed E-state index contributed by atoms with van der Waals surface area (Å²) in [5, 5.41) is 10.7. The van der Waals surface area contributed by atoms with Crippen LogP contribution in [0.3, 0.4) is 0 Å². The van der Waals surface area contributed by atoms with Crippen molar-refractivity contribution in [3.63, 3.8) is 0 Å². The smallest absolute Gasteiger partial charge is 0.236 e. The number of benzene rings is 2. The first kappa shape index (κ1) is 22.6. The summed E-state index contributed by atoms with van der Waals surface area (Å²) >= 11 is 0. The van der Waals surface area contributed by atoms with E-state index < -0.39 is 6.23 Å². The summed E-state index contributed by atoms with van der Waals surface area (Å²) in [5.41, 5.74) is 2.70. The minimum Gasteiger partial charge on any atom is -0.493 e. The van der Waals surface area contributed by atoms with Crippen molar-refractivity contribution in [2.45, 2.75) is 45.3 Å². The molecule has 0 spiro atoms. The zero-order chi connectivity index (χ0) is 22.7. The molecule has 2 aliphatic rings. The van der Waals surface area contributed by atoms with Crippen molar-refractivity contribution in [1.29, 1.82) is 0 Å². The van der Waals surface area contributed by atoms with Crippen LogP contribution in [0.4, 0.5) is 5.69 Å². The Kier molecular flexibility index (Phi) is 7.01. The summed E-state index contributed by atoms with van der Waals surface area (Å²) in [5.74, 6) is 1.57. The van der Waals surface area contributed by atoms with Gasteiger partial charge in [0.05, 0.1) is 18.7 Å². The molecule has 32 heavy (non-hydrogen) atoms. The van der Waals surface area contributed by atoms with Crippen LogP contribution < -0.4 is 14.4 Å². The summed E-state index contributed by atoms with van der Waals surface area (Å²) in [6.45, 7) is 7.96. The van der Waals surface area contributed by atoms with E-state index in [1.165, 1.54) is 17.7 Å². The van der Waals surface area contributed by atoms with E-state index in [4.69, 9.17) is 9.47 Å². The van der Waals surface area contributed by atoms with Crippen LogP contribution in [0.1, 0.15) is 43.2 Å². The molecule has 2 heterocycles. The van der Waals surface area contributed by atoms with Gasteiger partial charge in [-0.05, 0) is 56.5 Å². The molecule has 6 heteroatoms. The Morgan fingerprint density at radius 2 is 1.78 bits per heavy atom. The second-order valence-electron chi connectivity index (χ2n) is 9.10. The number of anilines is 1. The first-order valence-electron chi connectivity index (χ1n) is 11.6. The van der Waals surface area contributed by atoms with Gasteiger partial charge in [-0.15, -0.1) is 0 Å². The highest BCUT2D eigenvalue weighted by Crippen LogP contribution is 2.39. The lowest BCUT2D eigenvalue weighted by atomic mass is 9.96. The van der Waals surface area contributed by atoms with Gasteiger partial charge in [0.2, 0.25) is 5.91 Å². The molecule has 2 fully saturated rings. The SMILES string of the molecule is COc1ccc(N2C(=O)C(c3ccc(C)cc3)CC2O)cc1OCCN1CCC(C)CC1. The molecular weight excluding hydrogens is 404 g/mol. The van der Waals surface area contributed by atoms with Gasteiger partial charge in [-0.3, -0.25) is 14.6 Å². The first-order chi connectivity index (χ1) is 15.5. The van der Waals surface area contributed by atoms with Crippen molar-refractivity contribution in [2.24, 2.45) is 5.92 Å². The summed E-state index contributed by atoms with van der Waals surface area (Å²) < 4.78 is 11.5. The van der Waals surface area contributed by atoms with Crippen LogP contribution in [-0.4, -0.2) is 55.5 Å². The normalized spacial score (nSPS) is 22.4. The Labute approximate surface area is 190 Å². The van der Waals surface area contributed by atoms with Crippen molar-refractivity contribution in [1.82, 2.24) is 4.90 Å². The molecule has 0 bridgehead atoms. The molecule has 0 radical (unpaired) electrons. The molecule has 2 aliphatic heterocycles. The van der Waals surface area contributed by atoms with Crippen LogP contribution in [-0.2, 0) is 4.79 Å². The number of hydrogen-bond donors (Lipinski definition) is 1. The Morgan fingerprint density at radius 3 is 2.47 bits per heavy atom. The second kappa shape index (κ2) is 9.92. The van der Waals surface area contributed by atoms with E-state index in [2.05, 4.69) is 11.8 Å². The Hall–Kier alpha value is -2.57. The zero-order valence-electron chi connectivity index (χ0n) is 19.3. The highest BCUT2D eigenvalue weighted by Gasteiger charge is 2.40. The van der Waals surface area contributed by atoms with E-state index in [1.54, 1.807) is 25.3 Å². The minimum absolute atomic E-state index is 0.0973. The number of aliphatic hydroxyl groups is 1. The van der Waals surface area contributed by atoms with Crippen LogP contribution in [0, 0.1) is 12.8 Å². The first-order valence-corrected chi connectivity index (χ1v) is 11.6. The molecule has 1 N–H and O–H groups in total. The van der Waals surface area contributed by atoms with Crippen molar-refractivity contribution >= 4 is 11.6 Å². The summed E-state index contributed by atoms with van der Waals surface area (Å²) in [6, 6.07) is 13.3. The number of ether oxygens (including phenoxy) is 2. The van der Waals surface area contributed by atoms with E-state index in [0.717, 1.165) is 36.7 Å². The predicted octanol–water partition coefficient (Wildman–Crippen LogP) is 3.95. The van der Waals surface area contributed by atoms with Crippen LogP contribution >= 0.6 is 0 Å². The molecule has 2 aromatic carbocycles. The van der Waals surface area contributed by atoms with Crippen LogP contribution in [0.25, 0.3) is 0 Å². The van der Waals surface area contributed by atoms with Crippen LogP contribution in [0.15, 0.2) is 42.5 Å². The van der Waals surface area contributed by atoms with E-state index in [9.17, 15) is 9.90 Å². The lowest BCUT2D eigenvalue weighted by molar-refractivity contribution is -0.118. The van der Waals surface area contributed by atoms with Crippen molar-refractivity contribution in [3.05, 3.63) is 53.6 Å². The highest BCUT2D eigenvalue weighted by molar-refractivity contribution is 6.01. The third-order valence-electron chi connectivity index (χ3n) is 6.73. The molecule has 6 nitrogen and oxygen atoms in total. The fraction of sp³-hybridized carbons (Fsp3) is 0.500. The number of likely N-dealkylation sites (tertiary alicyclic amines) is 1. The molecule has 0 aliphatic carbocycles. The molecule has 2 unspecified atom stereocenters. The Morgan fingerprint density at radius 1 is 1.06 bits per heavy atom. The zero-order valence-corrected chi connectivity index (χ0v) is 19.3. The fourth-order valence-corrected chi connectivity index (χ4v) is 4.61. The number of hydrogen-bond acceptors (Lipinski definition) is 5. The van der Waals surface area contributed by atoms with Crippen molar-refractivity contribution in [3.8, 4) is 11.5 Å². The number of aliphatic hydroxyl groups excluding tert-OH is 1. The number of carbonyl (C=O) groups excluding carboxylic acids is 1. The maximum absolute atomic E-state index is 13.2. The Bertz CT molecular complexity index is 922. The largest absolute Gasteiger partial charge is 0.493 e. The topological polar surface area (TPSA) is 62.2 Å². The van der Waals surface area contributed by atoms with Crippen molar-refractivity contribution in [2.75, 3.05) is 38.3 Å². The number of rotatable bonds is 7. The lowest BCUT2D eigenvalue weighted by Crippen LogP contribution is -2.35. The van der Waals surface area contributed by atoms with Gasteiger partial charge in [0.15, 0.2) is 11.5 Å². The number of piperidine rings is 1. The molecule has 2 saturated heterocycles. The molecule has 1 amide bonds. The van der Waals surface area contributed by atoms with Gasteiger partial charge in [-0.2, -0.15) is 0 Å². The highest BCUT2D eigenvalue weighted by atomic mass is 16.5. The molecule has 2 atom stereocenters. The average molecular weight is 439 g/mol. The second-order valence-corrected chi connectivity index (χ2v) is 9.10. The van der Waals surface area contributed by atoms with E-state index >= 15 is 0 Å². The molecule has 4 rings (SSSR count). The number of nitrogens with zero attached hydrogens (tertiary/aromatic N) is 2. The van der Waals surface area contributed by atoms with Gasteiger partial charge in [-0.1, -0.05) is 36.8 Å². The number of aryl methyl sites for hydroxylation is 1. The number of methoxy groups -OCH3 is 1. The maximum atomic E-state index is 13.2. The summed E-state index contributed by atoms with van der Waals surface area (Å²) in [6.07, 6.45) is 1.97. The van der Waals surface area contributed by atoms with E-state index in [1.807, 2.05) is 31.2 Å². The Balaban J connectivity index is 1.46. The minimum atomic E-state index is -0.870. The lowest BCUT2D eigenvalue weighted by Gasteiger charge is -2.30. The van der Waals surface area contributed by atoms with Crippen LogP contribution in [0.5, 0.6) is 11.5 Å².